The van der Waals surface area contributed by atoms with Gasteiger partial charge in [-0.25, -0.2) is 0 Å². The second-order valence-electron chi connectivity index (χ2n) is 7.37. The first kappa shape index (κ1) is 18.0. The summed E-state index contributed by atoms with van der Waals surface area (Å²) in [6.07, 6.45) is 11.0. The van der Waals surface area contributed by atoms with Gasteiger partial charge in [0.15, 0.2) is 0 Å². The van der Waals surface area contributed by atoms with E-state index in [0.717, 1.165) is 11.8 Å². The topological polar surface area (TPSA) is 15.3 Å². The second kappa shape index (κ2) is 9.04. The van der Waals surface area contributed by atoms with Crippen LogP contribution in [0.3, 0.4) is 0 Å². The largest absolute Gasteiger partial charge is 0.315 e. The van der Waals surface area contributed by atoms with Crippen LogP contribution in [0, 0.1) is 11.8 Å². The van der Waals surface area contributed by atoms with Gasteiger partial charge in [0.1, 0.15) is 0 Å². The fraction of sp³-hybridized carbons (Fsp3) is 1.00. The molecule has 20 heavy (non-hydrogen) atoms. The highest BCUT2D eigenvalue weighted by molar-refractivity contribution is 4.94. The number of nitrogens with zero attached hydrogens (tertiary/aromatic N) is 1. The van der Waals surface area contributed by atoms with Crippen LogP contribution in [0.15, 0.2) is 0 Å². The third kappa shape index (κ3) is 5.37. The summed E-state index contributed by atoms with van der Waals surface area (Å²) in [5.41, 5.74) is 0.403. The molecule has 3 unspecified atom stereocenters. The molecule has 1 rings (SSSR count). The van der Waals surface area contributed by atoms with Gasteiger partial charge in [-0.3, -0.25) is 0 Å². The summed E-state index contributed by atoms with van der Waals surface area (Å²) in [6.45, 7) is 9.44. The highest BCUT2D eigenvalue weighted by Gasteiger charge is 2.36. The van der Waals surface area contributed by atoms with E-state index in [1.54, 1.807) is 0 Å². The van der Waals surface area contributed by atoms with Crippen molar-refractivity contribution in [3.63, 3.8) is 0 Å². The molecule has 1 aliphatic rings. The lowest BCUT2D eigenvalue weighted by atomic mass is 9.75. The van der Waals surface area contributed by atoms with E-state index >= 15 is 0 Å². The quantitative estimate of drug-likeness (QED) is 0.678. The van der Waals surface area contributed by atoms with Gasteiger partial charge >= 0.3 is 0 Å². The molecule has 0 heterocycles. The molecule has 3 atom stereocenters. The predicted molar refractivity (Wildman–Crippen MR) is 90.2 cm³/mol. The van der Waals surface area contributed by atoms with Crippen molar-refractivity contribution < 1.29 is 0 Å². The zero-order valence-electron chi connectivity index (χ0n) is 14.7. The Hall–Kier alpha value is -0.0800. The summed E-state index contributed by atoms with van der Waals surface area (Å²) in [5.74, 6) is 1.75. The van der Waals surface area contributed by atoms with Crippen LogP contribution in [-0.2, 0) is 0 Å². The number of rotatable bonds is 9. The van der Waals surface area contributed by atoms with Gasteiger partial charge in [-0.15, -0.1) is 0 Å². The molecular formula is C18H38N2. The second-order valence-corrected chi connectivity index (χ2v) is 7.37. The zero-order chi connectivity index (χ0) is 15.0. The number of likely N-dealkylation sites (N-methyl/N-ethyl adjacent to an activating group) is 1. The Morgan fingerprint density at radius 2 is 2.05 bits per heavy atom. The molecule has 0 aromatic rings. The van der Waals surface area contributed by atoms with Crippen molar-refractivity contribution in [3.05, 3.63) is 0 Å². The monoisotopic (exact) mass is 282 g/mol. The Labute approximate surface area is 127 Å². The van der Waals surface area contributed by atoms with E-state index in [4.69, 9.17) is 0 Å². The molecule has 1 fully saturated rings. The first-order chi connectivity index (χ1) is 9.54. The summed E-state index contributed by atoms with van der Waals surface area (Å²) < 4.78 is 0. The maximum absolute atomic E-state index is 3.82. The molecule has 0 aliphatic heterocycles. The van der Waals surface area contributed by atoms with E-state index in [2.05, 4.69) is 45.1 Å². The SMILES string of the molecule is CCCCC(CC)CNCC1(N(C)C)CCCC(C)C1. The predicted octanol–water partition coefficient (Wildman–Crippen LogP) is 4.30. The number of hydrogen-bond acceptors (Lipinski definition) is 2. The summed E-state index contributed by atoms with van der Waals surface area (Å²) in [4.78, 5) is 2.49. The van der Waals surface area contributed by atoms with Crippen LogP contribution < -0.4 is 5.32 Å². The lowest BCUT2D eigenvalue weighted by Crippen LogP contribution is -2.54. The summed E-state index contributed by atoms with van der Waals surface area (Å²) in [5, 5.41) is 3.82. The smallest absolute Gasteiger partial charge is 0.0330 e. The van der Waals surface area contributed by atoms with Crippen LogP contribution in [0.25, 0.3) is 0 Å². The Morgan fingerprint density at radius 1 is 1.30 bits per heavy atom. The Kier molecular flexibility index (Phi) is 8.13. The van der Waals surface area contributed by atoms with Crippen molar-refractivity contribution in [1.82, 2.24) is 10.2 Å². The summed E-state index contributed by atoms with van der Waals surface area (Å²) in [7, 11) is 4.54. The maximum Gasteiger partial charge on any atom is 0.0330 e. The van der Waals surface area contributed by atoms with E-state index in [0.29, 0.717) is 5.54 Å². The van der Waals surface area contributed by atoms with Crippen molar-refractivity contribution in [2.75, 3.05) is 27.2 Å². The zero-order valence-corrected chi connectivity index (χ0v) is 14.7. The van der Waals surface area contributed by atoms with E-state index in [1.165, 1.54) is 64.5 Å². The van der Waals surface area contributed by atoms with E-state index in [9.17, 15) is 0 Å². The van der Waals surface area contributed by atoms with Gasteiger partial charge in [0.05, 0.1) is 0 Å². The van der Waals surface area contributed by atoms with Crippen molar-refractivity contribution in [2.45, 2.75) is 77.7 Å². The molecule has 0 aromatic heterocycles. The molecule has 120 valence electrons. The van der Waals surface area contributed by atoms with Crippen molar-refractivity contribution >= 4 is 0 Å². The van der Waals surface area contributed by atoms with Gasteiger partial charge in [-0.05, 0) is 51.7 Å². The minimum absolute atomic E-state index is 0.403. The van der Waals surface area contributed by atoms with Gasteiger partial charge in [-0.2, -0.15) is 0 Å². The standard InChI is InChI=1S/C18H38N2/c1-6-8-11-17(7-2)14-19-15-18(20(4)5)12-9-10-16(3)13-18/h16-17,19H,6-15H2,1-5H3. The Balaban J connectivity index is 2.42. The highest BCUT2D eigenvalue weighted by Crippen LogP contribution is 2.35. The van der Waals surface area contributed by atoms with Crippen LogP contribution in [0.5, 0.6) is 0 Å². The van der Waals surface area contributed by atoms with Crippen LogP contribution in [0.4, 0.5) is 0 Å². The van der Waals surface area contributed by atoms with Crippen LogP contribution >= 0.6 is 0 Å². The summed E-state index contributed by atoms with van der Waals surface area (Å²) in [6, 6.07) is 0. The van der Waals surface area contributed by atoms with E-state index < -0.39 is 0 Å². The molecule has 0 saturated heterocycles. The van der Waals surface area contributed by atoms with Gasteiger partial charge in [0.2, 0.25) is 0 Å². The molecular weight excluding hydrogens is 244 g/mol. The highest BCUT2D eigenvalue weighted by atomic mass is 15.2. The van der Waals surface area contributed by atoms with Crippen molar-refractivity contribution in [3.8, 4) is 0 Å². The van der Waals surface area contributed by atoms with E-state index in [-0.39, 0.29) is 0 Å². The number of nitrogens with one attached hydrogen (secondary N) is 1. The van der Waals surface area contributed by atoms with Crippen molar-refractivity contribution in [1.29, 1.82) is 0 Å². The minimum Gasteiger partial charge on any atom is -0.315 e. The van der Waals surface area contributed by atoms with Crippen molar-refractivity contribution in [2.24, 2.45) is 11.8 Å². The molecule has 0 aromatic carbocycles. The number of hydrogen-bond donors (Lipinski definition) is 1. The molecule has 0 spiro atoms. The van der Waals surface area contributed by atoms with E-state index in [1.807, 2.05) is 0 Å². The summed E-state index contributed by atoms with van der Waals surface area (Å²) >= 11 is 0. The van der Waals surface area contributed by atoms with Crippen LogP contribution in [-0.4, -0.2) is 37.6 Å². The molecule has 2 nitrogen and oxygen atoms in total. The molecule has 1 aliphatic carbocycles. The molecule has 1 saturated carbocycles. The lowest BCUT2D eigenvalue weighted by molar-refractivity contribution is 0.0741. The van der Waals surface area contributed by atoms with Crippen LogP contribution in [0.1, 0.15) is 72.1 Å². The van der Waals surface area contributed by atoms with Gasteiger partial charge in [0.25, 0.3) is 0 Å². The lowest BCUT2D eigenvalue weighted by Gasteiger charge is -2.45. The average molecular weight is 283 g/mol. The first-order valence-corrected chi connectivity index (χ1v) is 8.92. The van der Waals surface area contributed by atoms with Crippen LogP contribution in [0.2, 0.25) is 0 Å². The molecule has 1 N–H and O–H groups in total. The molecule has 2 heteroatoms. The third-order valence-corrected chi connectivity index (χ3v) is 5.45. The molecule has 0 bridgehead atoms. The Morgan fingerprint density at radius 3 is 2.60 bits per heavy atom. The van der Waals surface area contributed by atoms with Gasteiger partial charge in [-0.1, -0.05) is 52.9 Å². The van der Waals surface area contributed by atoms with Gasteiger partial charge in [0, 0.05) is 12.1 Å². The number of unbranched alkanes of at least 4 members (excludes halogenated alkanes) is 1. The molecule has 0 amide bonds. The fourth-order valence-electron chi connectivity index (χ4n) is 3.81. The average Bonchev–Trinajstić information content (AvgIpc) is 2.42. The fourth-order valence-corrected chi connectivity index (χ4v) is 3.81. The first-order valence-electron chi connectivity index (χ1n) is 8.92. The molecule has 0 radical (unpaired) electrons. The Bertz CT molecular complexity index is 252. The normalized spacial score (nSPS) is 28.8. The minimum atomic E-state index is 0.403. The van der Waals surface area contributed by atoms with Gasteiger partial charge < -0.3 is 10.2 Å². The maximum atomic E-state index is 3.82. The third-order valence-electron chi connectivity index (χ3n) is 5.45.